The number of hydrogen-bond donors (Lipinski definition) is 0. The van der Waals surface area contributed by atoms with Crippen LogP contribution in [0.1, 0.15) is 0 Å². The molecule has 0 amide bonds. The molecule has 0 saturated carbocycles. The number of hydrogen-bond acceptors (Lipinski definition) is 0. The Balaban J connectivity index is 0.000000150. The number of terminal acetylenes is 1. The second-order valence-electron chi connectivity index (χ2n) is 6.28. The zero-order valence-corrected chi connectivity index (χ0v) is 15.7. The Morgan fingerprint density at radius 2 is 0.571 bits per heavy atom. The minimum Gasteiger partial charge on any atom is -0.124 e. The molecule has 0 aliphatic rings. The molecule has 28 heavy (non-hydrogen) atoms. The van der Waals surface area contributed by atoms with Gasteiger partial charge >= 0.3 is 0 Å². The Kier molecular flexibility index (Phi) is 6.61. The third-order valence-electron chi connectivity index (χ3n) is 4.49. The van der Waals surface area contributed by atoms with Crippen LogP contribution in [0.15, 0.2) is 121 Å². The van der Waals surface area contributed by atoms with Crippen molar-refractivity contribution in [2.24, 2.45) is 0 Å². The number of benzene rings is 5. The standard InChI is InChI=1S/C14H10.C12H10.C2H2/c1-2-6-12-10-14-8-4-3-7-13(14)9-11(12)5-1;1-3-7-11(8-4-1)12-9-5-2-6-10-12;1-2/h1-10H;1-10H;1-2H. The molecule has 134 valence electrons. The summed E-state index contributed by atoms with van der Waals surface area (Å²) in [4.78, 5) is 0. The summed E-state index contributed by atoms with van der Waals surface area (Å²) in [6, 6.07) is 42.2. The molecule has 5 aromatic rings. The highest BCUT2D eigenvalue weighted by atomic mass is 14.0. The molecule has 5 rings (SSSR count). The van der Waals surface area contributed by atoms with E-state index in [2.05, 4.69) is 122 Å². The fraction of sp³-hybridized carbons (Fsp3) is 0. The Morgan fingerprint density at radius 1 is 0.321 bits per heavy atom. The number of rotatable bonds is 1. The van der Waals surface area contributed by atoms with Crippen molar-refractivity contribution in [3.8, 4) is 24.0 Å². The van der Waals surface area contributed by atoms with Gasteiger partial charge in [-0.25, -0.2) is 0 Å². The van der Waals surface area contributed by atoms with E-state index in [4.69, 9.17) is 0 Å². The molecule has 0 radical (unpaired) electrons. The summed E-state index contributed by atoms with van der Waals surface area (Å²) < 4.78 is 0. The van der Waals surface area contributed by atoms with Gasteiger partial charge in [0.2, 0.25) is 0 Å². The summed E-state index contributed by atoms with van der Waals surface area (Å²) >= 11 is 0. The molecule has 0 bridgehead atoms. The molecule has 0 aliphatic carbocycles. The minimum absolute atomic E-state index is 1.28. The van der Waals surface area contributed by atoms with E-state index in [0.717, 1.165) is 0 Å². The Morgan fingerprint density at radius 3 is 0.857 bits per heavy atom. The molecule has 0 fully saturated rings. The molecular weight excluding hydrogens is 336 g/mol. The zero-order valence-electron chi connectivity index (χ0n) is 15.7. The maximum Gasteiger partial charge on any atom is -0.0178 e. The minimum atomic E-state index is 1.28. The van der Waals surface area contributed by atoms with Gasteiger partial charge in [-0.05, 0) is 44.8 Å². The van der Waals surface area contributed by atoms with Crippen LogP contribution < -0.4 is 0 Å². The van der Waals surface area contributed by atoms with Crippen molar-refractivity contribution in [1.82, 2.24) is 0 Å². The largest absolute Gasteiger partial charge is 0.124 e. The molecule has 5 aromatic carbocycles. The highest BCUT2D eigenvalue weighted by Crippen LogP contribution is 2.22. The third kappa shape index (κ3) is 4.67. The molecule has 0 unspecified atom stereocenters. The lowest BCUT2D eigenvalue weighted by Gasteiger charge is -2.00. The van der Waals surface area contributed by atoms with Crippen LogP contribution in [0.3, 0.4) is 0 Å². The van der Waals surface area contributed by atoms with Gasteiger partial charge in [0.15, 0.2) is 0 Å². The summed E-state index contributed by atoms with van der Waals surface area (Å²) in [6.07, 6.45) is 8.00. The van der Waals surface area contributed by atoms with E-state index in [9.17, 15) is 0 Å². The van der Waals surface area contributed by atoms with Gasteiger partial charge < -0.3 is 0 Å². The molecule has 0 aliphatic heterocycles. The van der Waals surface area contributed by atoms with Crippen LogP contribution in [-0.4, -0.2) is 0 Å². The average Bonchev–Trinajstić information content (AvgIpc) is 2.80. The van der Waals surface area contributed by atoms with E-state index >= 15 is 0 Å². The van der Waals surface area contributed by atoms with Crippen LogP contribution in [-0.2, 0) is 0 Å². The van der Waals surface area contributed by atoms with Crippen LogP contribution in [0.25, 0.3) is 32.7 Å². The van der Waals surface area contributed by atoms with E-state index in [1.54, 1.807) is 0 Å². The first-order valence-corrected chi connectivity index (χ1v) is 9.21. The summed E-state index contributed by atoms with van der Waals surface area (Å²) in [7, 11) is 0. The van der Waals surface area contributed by atoms with Crippen molar-refractivity contribution in [2.45, 2.75) is 0 Å². The van der Waals surface area contributed by atoms with E-state index in [1.807, 2.05) is 12.1 Å². The first kappa shape index (κ1) is 19.0. The second kappa shape index (κ2) is 9.76. The summed E-state index contributed by atoms with van der Waals surface area (Å²) in [5.74, 6) is 0. The number of fused-ring (bicyclic) bond motifs is 2. The Bertz CT molecular complexity index is 1010. The van der Waals surface area contributed by atoms with Gasteiger partial charge in [0, 0.05) is 0 Å². The van der Waals surface area contributed by atoms with Crippen molar-refractivity contribution in [1.29, 1.82) is 0 Å². The van der Waals surface area contributed by atoms with Gasteiger partial charge in [0.05, 0.1) is 0 Å². The Hall–Kier alpha value is -3.82. The first-order chi connectivity index (χ1) is 13.9. The molecule has 0 atom stereocenters. The van der Waals surface area contributed by atoms with Gasteiger partial charge in [0.25, 0.3) is 0 Å². The van der Waals surface area contributed by atoms with Crippen molar-refractivity contribution in [3.63, 3.8) is 0 Å². The van der Waals surface area contributed by atoms with Crippen LogP contribution >= 0.6 is 0 Å². The quantitative estimate of drug-likeness (QED) is 0.214. The van der Waals surface area contributed by atoms with Gasteiger partial charge in [-0.3, -0.25) is 0 Å². The van der Waals surface area contributed by atoms with Gasteiger partial charge in [-0.15, -0.1) is 12.8 Å². The predicted octanol–water partition coefficient (Wildman–Crippen LogP) is 7.60. The van der Waals surface area contributed by atoms with Crippen molar-refractivity contribution in [3.05, 3.63) is 121 Å². The van der Waals surface area contributed by atoms with Crippen LogP contribution in [0.4, 0.5) is 0 Å². The molecule has 0 aromatic heterocycles. The lowest BCUT2D eigenvalue weighted by molar-refractivity contribution is 1.62. The van der Waals surface area contributed by atoms with Crippen molar-refractivity contribution < 1.29 is 0 Å². The molecule has 0 spiro atoms. The molecule has 0 nitrogen and oxygen atoms in total. The normalized spacial score (nSPS) is 9.64. The van der Waals surface area contributed by atoms with Gasteiger partial charge in [0.1, 0.15) is 0 Å². The lowest BCUT2D eigenvalue weighted by atomic mass is 10.0. The Labute approximate surface area is 167 Å². The lowest BCUT2D eigenvalue weighted by Crippen LogP contribution is -1.74. The van der Waals surface area contributed by atoms with Gasteiger partial charge in [-0.1, -0.05) is 109 Å². The topological polar surface area (TPSA) is 0 Å². The SMILES string of the molecule is C#C.c1ccc(-c2ccccc2)cc1.c1ccc2cc3ccccc3cc2c1. The maximum atomic E-state index is 4.00. The zero-order chi connectivity index (χ0) is 19.6. The van der Waals surface area contributed by atoms with E-state index < -0.39 is 0 Å². The second-order valence-corrected chi connectivity index (χ2v) is 6.28. The molecule has 0 heterocycles. The molecule has 0 heteroatoms. The third-order valence-corrected chi connectivity index (χ3v) is 4.49. The maximum absolute atomic E-state index is 4.00. The fourth-order valence-electron chi connectivity index (χ4n) is 3.14. The smallest absolute Gasteiger partial charge is 0.0178 e. The molecule has 0 N–H and O–H groups in total. The van der Waals surface area contributed by atoms with Crippen molar-refractivity contribution >= 4 is 21.5 Å². The summed E-state index contributed by atoms with van der Waals surface area (Å²) in [5, 5.41) is 5.25. The van der Waals surface area contributed by atoms with Gasteiger partial charge in [-0.2, -0.15) is 0 Å². The van der Waals surface area contributed by atoms with Crippen molar-refractivity contribution in [2.75, 3.05) is 0 Å². The summed E-state index contributed by atoms with van der Waals surface area (Å²) in [5.41, 5.74) is 2.55. The van der Waals surface area contributed by atoms with Crippen LogP contribution in [0, 0.1) is 12.8 Å². The monoisotopic (exact) mass is 358 g/mol. The van der Waals surface area contributed by atoms with E-state index in [1.165, 1.54) is 32.7 Å². The summed E-state index contributed by atoms with van der Waals surface area (Å²) in [6.45, 7) is 0. The van der Waals surface area contributed by atoms with Crippen LogP contribution in [0.2, 0.25) is 0 Å². The first-order valence-electron chi connectivity index (χ1n) is 9.21. The predicted molar refractivity (Wildman–Crippen MR) is 123 cm³/mol. The molecular formula is C28H22. The highest BCUT2D eigenvalue weighted by molar-refractivity contribution is 5.98. The highest BCUT2D eigenvalue weighted by Gasteiger charge is 1.95. The van der Waals surface area contributed by atoms with E-state index in [0.29, 0.717) is 0 Å². The van der Waals surface area contributed by atoms with Crippen LogP contribution in [0.5, 0.6) is 0 Å². The average molecular weight is 358 g/mol. The fourth-order valence-corrected chi connectivity index (χ4v) is 3.14. The molecule has 0 saturated heterocycles. The van der Waals surface area contributed by atoms with E-state index in [-0.39, 0.29) is 0 Å².